The number of ether oxygens (including phenoxy) is 2. The summed E-state index contributed by atoms with van der Waals surface area (Å²) >= 11 is 0. The van der Waals surface area contributed by atoms with E-state index in [2.05, 4.69) is 0 Å². The van der Waals surface area contributed by atoms with E-state index in [-0.39, 0.29) is 24.5 Å². The molecular weight excluding hydrogens is 435 g/mol. The standard InChI is InChI=1S/C25H39BN2O6/c1-17-16-27(12-13-28(17)22(30)32-23(2,3)4)21(29)15-18-14-19(10-11-20(18)31-9)26-33-24(5,6)25(7,8)34-26/h10-11,14,17H,12-13,15-16H2,1-9H3. The molecule has 9 heteroatoms. The molecular formula is C25H39BN2O6. The Morgan fingerprint density at radius 3 is 2.26 bits per heavy atom. The van der Waals surface area contributed by atoms with Crippen LogP contribution in [-0.4, -0.2) is 78.5 Å². The quantitative estimate of drug-likeness (QED) is 0.625. The number of amides is 2. The minimum absolute atomic E-state index is 0.0138. The van der Waals surface area contributed by atoms with Crippen molar-refractivity contribution in [1.82, 2.24) is 9.80 Å². The van der Waals surface area contributed by atoms with E-state index in [1.807, 2.05) is 73.6 Å². The van der Waals surface area contributed by atoms with Crippen molar-refractivity contribution in [3.63, 3.8) is 0 Å². The summed E-state index contributed by atoms with van der Waals surface area (Å²) in [6, 6.07) is 5.56. The Balaban J connectivity index is 1.69. The SMILES string of the molecule is COc1ccc(B2OC(C)(C)C(C)(C)O2)cc1CC(=O)N1CCN(C(=O)OC(C)(C)C)C(C)C1. The second-order valence-corrected chi connectivity index (χ2v) is 11.2. The molecule has 0 N–H and O–H groups in total. The maximum absolute atomic E-state index is 13.2. The number of carbonyl (C=O) groups excluding carboxylic acids is 2. The molecule has 2 heterocycles. The molecule has 8 nitrogen and oxygen atoms in total. The number of rotatable bonds is 4. The van der Waals surface area contributed by atoms with E-state index in [0.717, 1.165) is 11.0 Å². The molecule has 0 aromatic heterocycles. The highest BCUT2D eigenvalue weighted by atomic mass is 16.7. The van der Waals surface area contributed by atoms with Gasteiger partial charge in [-0.15, -0.1) is 0 Å². The second-order valence-electron chi connectivity index (χ2n) is 11.2. The van der Waals surface area contributed by atoms with Gasteiger partial charge in [0.2, 0.25) is 5.91 Å². The average Bonchev–Trinajstić information content (AvgIpc) is 2.93. The van der Waals surface area contributed by atoms with Crippen molar-refractivity contribution < 1.29 is 28.4 Å². The number of methoxy groups -OCH3 is 1. The number of hydrogen-bond donors (Lipinski definition) is 0. The van der Waals surface area contributed by atoms with Crippen molar-refractivity contribution in [1.29, 1.82) is 0 Å². The van der Waals surface area contributed by atoms with E-state index in [1.165, 1.54) is 0 Å². The highest BCUT2D eigenvalue weighted by Gasteiger charge is 2.51. The van der Waals surface area contributed by atoms with Gasteiger partial charge in [0.25, 0.3) is 0 Å². The summed E-state index contributed by atoms with van der Waals surface area (Å²) in [5, 5.41) is 0. The van der Waals surface area contributed by atoms with Gasteiger partial charge in [0.15, 0.2) is 0 Å². The van der Waals surface area contributed by atoms with Gasteiger partial charge in [-0.1, -0.05) is 12.1 Å². The number of hydrogen-bond acceptors (Lipinski definition) is 6. The van der Waals surface area contributed by atoms with Crippen LogP contribution >= 0.6 is 0 Å². The third kappa shape index (κ3) is 5.69. The first-order valence-electron chi connectivity index (χ1n) is 11.9. The number of piperazine rings is 1. The Morgan fingerprint density at radius 2 is 1.74 bits per heavy atom. The fourth-order valence-electron chi connectivity index (χ4n) is 4.11. The summed E-state index contributed by atoms with van der Waals surface area (Å²) in [5.41, 5.74) is 0.185. The number of carbonyl (C=O) groups is 2. The molecule has 34 heavy (non-hydrogen) atoms. The molecule has 2 saturated heterocycles. The Bertz CT molecular complexity index is 910. The molecule has 1 aromatic rings. The molecule has 0 spiro atoms. The van der Waals surface area contributed by atoms with Crippen LogP contribution in [0.4, 0.5) is 4.79 Å². The second kappa shape index (κ2) is 9.42. The first-order valence-corrected chi connectivity index (χ1v) is 11.9. The fraction of sp³-hybridized carbons (Fsp3) is 0.680. The summed E-state index contributed by atoms with van der Waals surface area (Å²) in [4.78, 5) is 29.2. The van der Waals surface area contributed by atoms with Gasteiger partial charge < -0.3 is 28.6 Å². The van der Waals surface area contributed by atoms with Crippen LogP contribution in [0.15, 0.2) is 18.2 Å². The third-order valence-electron chi connectivity index (χ3n) is 6.78. The molecule has 2 fully saturated rings. The van der Waals surface area contributed by atoms with Crippen molar-refractivity contribution in [2.24, 2.45) is 0 Å². The predicted octanol–water partition coefficient (Wildman–Crippen LogP) is 3.00. The topological polar surface area (TPSA) is 77.5 Å². The number of nitrogens with zero attached hydrogens (tertiary/aromatic N) is 2. The van der Waals surface area contributed by atoms with Gasteiger partial charge in [0.05, 0.1) is 24.7 Å². The van der Waals surface area contributed by atoms with Crippen molar-refractivity contribution in [3.8, 4) is 5.75 Å². The van der Waals surface area contributed by atoms with Gasteiger partial charge in [-0.3, -0.25) is 4.79 Å². The zero-order valence-electron chi connectivity index (χ0n) is 22.1. The summed E-state index contributed by atoms with van der Waals surface area (Å²) in [5.74, 6) is 0.633. The first-order chi connectivity index (χ1) is 15.6. The molecule has 3 rings (SSSR count). The van der Waals surface area contributed by atoms with Crippen LogP contribution in [0.3, 0.4) is 0 Å². The monoisotopic (exact) mass is 474 g/mol. The molecule has 2 amide bonds. The van der Waals surface area contributed by atoms with Crippen LogP contribution in [0, 0.1) is 0 Å². The van der Waals surface area contributed by atoms with Gasteiger partial charge in [-0.05, 0) is 66.9 Å². The van der Waals surface area contributed by atoms with E-state index in [0.29, 0.717) is 25.4 Å². The number of benzene rings is 1. The summed E-state index contributed by atoms with van der Waals surface area (Å²) in [6.45, 7) is 16.9. The molecule has 2 aliphatic heterocycles. The minimum Gasteiger partial charge on any atom is -0.496 e. The van der Waals surface area contributed by atoms with Crippen LogP contribution in [0.2, 0.25) is 0 Å². The molecule has 188 valence electrons. The Labute approximate surface area is 204 Å². The molecule has 1 atom stereocenters. The van der Waals surface area contributed by atoms with E-state index < -0.39 is 23.9 Å². The Morgan fingerprint density at radius 1 is 1.12 bits per heavy atom. The lowest BCUT2D eigenvalue weighted by Crippen LogP contribution is -2.56. The fourth-order valence-corrected chi connectivity index (χ4v) is 4.11. The molecule has 0 aliphatic carbocycles. The highest BCUT2D eigenvalue weighted by molar-refractivity contribution is 6.62. The Kier molecular flexibility index (Phi) is 7.30. The maximum Gasteiger partial charge on any atom is 0.494 e. The van der Waals surface area contributed by atoms with Crippen molar-refractivity contribution in [2.75, 3.05) is 26.7 Å². The average molecular weight is 474 g/mol. The van der Waals surface area contributed by atoms with E-state index in [9.17, 15) is 9.59 Å². The summed E-state index contributed by atoms with van der Waals surface area (Å²) < 4.78 is 23.4. The van der Waals surface area contributed by atoms with E-state index in [1.54, 1.807) is 16.9 Å². The van der Waals surface area contributed by atoms with Gasteiger partial charge in [0, 0.05) is 31.2 Å². The van der Waals surface area contributed by atoms with Gasteiger partial charge in [-0.2, -0.15) is 0 Å². The van der Waals surface area contributed by atoms with E-state index >= 15 is 0 Å². The zero-order chi connectivity index (χ0) is 25.5. The molecule has 0 radical (unpaired) electrons. The first kappa shape index (κ1) is 26.4. The largest absolute Gasteiger partial charge is 0.496 e. The van der Waals surface area contributed by atoms with Gasteiger partial charge in [0.1, 0.15) is 11.4 Å². The minimum atomic E-state index is -0.553. The van der Waals surface area contributed by atoms with Gasteiger partial charge >= 0.3 is 13.2 Å². The van der Waals surface area contributed by atoms with Crippen molar-refractivity contribution in [2.45, 2.75) is 84.7 Å². The molecule has 2 aliphatic rings. The normalized spacial score (nSPS) is 22.0. The Hall–Kier alpha value is -2.26. The van der Waals surface area contributed by atoms with Gasteiger partial charge in [-0.25, -0.2) is 4.79 Å². The molecule has 0 saturated carbocycles. The van der Waals surface area contributed by atoms with Crippen LogP contribution < -0.4 is 10.2 Å². The van der Waals surface area contributed by atoms with Crippen LogP contribution in [0.5, 0.6) is 5.75 Å². The summed E-state index contributed by atoms with van der Waals surface area (Å²) in [7, 11) is 1.08. The van der Waals surface area contributed by atoms with Crippen LogP contribution in [-0.2, 0) is 25.3 Å². The smallest absolute Gasteiger partial charge is 0.494 e. The van der Waals surface area contributed by atoms with Crippen molar-refractivity contribution >= 4 is 24.6 Å². The zero-order valence-corrected chi connectivity index (χ0v) is 22.1. The lowest BCUT2D eigenvalue weighted by Gasteiger charge is -2.40. The predicted molar refractivity (Wildman–Crippen MR) is 131 cm³/mol. The molecule has 1 aromatic carbocycles. The van der Waals surface area contributed by atoms with Crippen LogP contribution in [0.1, 0.15) is 61.0 Å². The molecule has 1 unspecified atom stereocenters. The van der Waals surface area contributed by atoms with E-state index in [4.69, 9.17) is 18.8 Å². The maximum atomic E-state index is 13.2. The lowest BCUT2D eigenvalue weighted by molar-refractivity contribution is -0.133. The highest BCUT2D eigenvalue weighted by Crippen LogP contribution is 2.36. The third-order valence-corrected chi connectivity index (χ3v) is 6.78. The summed E-state index contributed by atoms with van der Waals surface area (Å²) in [6.07, 6.45) is -0.153. The van der Waals surface area contributed by atoms with Crippen molar-refractivity contribution in [3.05, 3.63) is 23.8 Å². The molecule has 0 bridgehead atoms. The lowest BCUT2D eigenvalue weighted by atomic mass is 9.78. The van der Waals surface area contributed by atoms with Crippen LogP contribution in [0.25, 0.3) is 0 Å².